The lowest BCUT2D eigenvalue weighted by Crippen LogP contribution is -2.21. The van der Waals surface area contributed by atoms with Gasteiger partial charge in [0.25, 0.3) is 0 Å². The van der Waals surface area contributed by atoms with Crippen molar-refractivity contribution in [2.45, 2.75) is 39.7 Å². The molecule has 0 radical (unpaired) electrons. The van der Waals surface area contributed by atoms with Gasteiger partial charge in [0, 0.05) is 17.8 Å². The van der Waals surface area contributed by atoms with Crippen LogP contribution in [0.15, 0.2) is 12.3 Å². The minimum Gasteiger partial charge on any atom is -0.393 e. The number of aromatic nitrogens is 2. The SMILES string of the molecule is Cc1nccc(C(C(C)C)C(C)O)n1. The van der Waals surface area contributed by atoms with Crippen molar-refractivity contribution in [1.29, 1.82) is 0 Å². The number of aliphatic hydroxyl groups is 1. The Kier molecular flexibility index (Phi) is 3.58. The van der Waals surface area contributed by atoms with Crippen molar-refractivity contribution in [2.24, 2.45) is 5.92 Å². The van der Waals surface area contributed by atoms with Gasteiger partial charge in [-0.2, -0.15) is 0 Å². The Morgan fingerprint density at radius 3 is 2.36 bits per heavy atom. The maximum atomic E-state index is 9.67. The van der Waals surface area contributed by atoms with Gasteiger partial charge in [-0.3, -0.25) is 0 Å². The van der Waals surface area contributed by atoms with Crippen molar-refractivity contribution in [1.82, 2.24) is 9.97 Å². The first kappa shape index (κ1) is 11.1. The Balaban J connectivity index is 2.99. The van der Waals surface area contributed by atoms with E-state index in [-0.39, 0.29) is 12.0 Å². The molecule has 0 aliphatic heterocycles. The van der Waals surface area contributed by atoms with Gasteiger partial charge >= 0.3 is 0 Å². The van der Waals surface area contributed by atoms with Crippen LogP contribution in [0.25, 0.3) is 0 Å². The standard InChI is InChI=1S/C11H18N2O/c1-7(2)11(8(3)14)10-5-6-12-9(4)13-10/h5-8,11,14H,1-4H3. The third kappa shape index (κ3) is 2.51. The highest BCUT2D eigenvalue weighted by Gasteiger charge is 2.22. The summed E-state index contributed by atoms with van der Waals surface area (Å²) in [5.41, 5.74) is 0.933. The maximum absolute atomic E-state index is 9.67. The monoisotopic (exact) mass is 194 g/mol. The zero-order valence-corrected chi connectivity index (χ0v) is 9.23. The van der Waals surface area contributed by atoms with E-state index < -0.39 is 0 Å². The van der Waals surface area contributed by atoms with Crippen molar-refractivity contribution < 1.29 is 5.11 Å². The van der Waals surface area contributed by atoms with E-state index in [2.05, 4.69) is 23.8 Å². The average molecular weight is 194 g/mol. The summed E-state index contributed by atoms with van der Waals surface area (Å²) in [5, 5.41) is 9.67. The molecule has 1 aromatic heterocycles. The Bertz CT molecular complexity index is 289. The number of hydrogen-bond acceptors (Lipinski definition) is 3. The summed E-state index contributed by atoms with van der Waals surface area (Å²) >= 11 is 0. The fourth-order valence-electron chi connectivity index (χ4n) is 1.81. The molecule has 1 heterocycles. The van der Waals surface area contributed by atoms with Crippen LogP contribution in [0.3, 0.4) is 0 Å². The molecule has 0 saturated heterocycles. The summed E-state index contributed by atoms with van der Waals surface area (Å²) in [6.45, 7) is 7.86. The molecule has 0 spiro atoms. The summed E-state index contributed by atoms with van der Waals surface area (Å²) in [5.74, 6) is 1.23. The normalized spacial score (nSPS) is 15.6. The quantitative estimate of drug-likeness (QED) is 0.799. The minimum absolute atomic E-state index is 0.0942. The van der Waals surface area contributed by atoms with E-state index in [4.69, 9.17) is 0 Å². The zero-order chi connectivity index (χ0) is 10.7. The number of hydrogen-bond donors (Lipinski definition) is 1. The van der Waals surface area contributed by atoms with E-state index in [1.165, 1.54) is 0 Å². The van der Waals surface area contributed by atoms with Crippen molar-refractivity contribution >= 4 is 0 Å². The molecule has 0 amide bonds. The molecular weight excluding hydrogens is 176 g/mol. The van der Waals surface area contributed by atoms with Crippen LogP contribution in [0.5, 0.6) is 0 Å². The zero-order valence-electron chi connectivity index (χ0n) is 9.23. The predicted octanol–water partition coefficient (Wildman–Crippen LogP) is 1.91. The first-order chi connectivity index (χ1) is 6.52. The van der Waals surface area contributed by atoms with E-state index in [9.17, 15) is 5.11 Å². The molecule has 0 aliphatic carbocycles. The van der Waals surface area contributed by atoms with Crippen LogP contribution in [0.4, 0.5) is 0 Å². The Morgan fingerprint density at radius 2 is 1.93 bits per heavy atom. The molecule has 1 N–H and O–H groups in total. The smallest absolute Gasteiger partial charge is 0.125 e. The number of aliphatic hydroxyl groups excluding tert-OH is 1. The molecule has 2 atom stereocenters. The van der Waals surface area contributed by atoms with Crippen molar-refractivity contribution in [2.75, 3.05) is 0 Å². The first-order valence-electron chi connectivity index (χ1n) is 5.00. The third-order valence-electron chi connectivity index (χ3n) is 2.38. The van der Waals surface area contributed by atoms with Gasteiger partial charge in [0.2, 0.25) is 0 Å². The molecule has 3 nitrogen and oxygen atoms in total. The largest absolute Gasteiger partial charge is 0.393 e. The van der Waals surface area contributed by atoms with E-state index >= 15 is 0 Å². The predicted molar refractivity (Wildman–Crippen MR) is 56.0 cm³/mol. The molecule has 1 aromatic rings. The molecule has 0 aliphatic rings. The van der Waals surface area contributed by atoms with Crippen molar-refractivity contribution in [3.63, 3.8) is 0 Å². The molecular formula is C11H18N2O. The second-order valence-electron chi connectivity index (χ2n) is 4.04. The molecule has 0 aromatic carbocycles. The van der Waals surface area contributed by atoms with E-state index in [1.54, 1.807) is 6.20 Å². The molecule has 14 heavy (non-hydrogen) atoms. The van der Waals surface area contributed by atoms with Gasteiger partial charge in [0.05, 0.1) is 6.10 Å². The highest BCUT2D eigenvalue weighted by Crippen LogP contribution is 2.25. The van der Waals surface area contributed by atoms with E-state index in [0.717, 1.165) is 11.5 Å². The van der Waals surface area contributed by atoms with E-state index in [0.29, 0.717) is 5.92 Å². The number of aryl methyl sites for hydroxylation is 1. The lowest BCUT2D eigenvalue weighted by atomic mass is 9.88. The molecule has 0 saturated carbocycles. The Morgan fingerprint density at radius 1 is 1.29 bits per heavy atom. The fourth-order valence-corrected chi connectivity index (χ4v) is 1.81. The highest BCUT2D eigenvalue weighted by atomic mass is 16.3. The minimum atomic E-state index is -0.371. The lowest BCUT2D eigenvalue weighted by molar-refractivity contribution is 0.138. The maximum Gasteiger partial charge on any atom is 0.125 e. The van der Waals surface area contributed by atoms with Crippen LogP contribution in [-0.2, 0) is 0 Å². The second-order valence-corrected chi connectivity index (χ2v) is 4.04. The van der Waals surface area contributed by atoms with Gasteiger partial charge in [-0.25, -0.2) is 9.97 Å². The van der Waals surface area contributed by atoms with Gasteiger partial charge in [-0.1, -0.05) is 13.8 Å². The summed E-state index contributed by atoms with van der Waals surface area (Å²) in [4.78, 5) is 8.39. The van der Waals surface area contributed by atoms with Crippen LogP contribution >= 0.6 is 0 Å². The topological polar surface area (TPSA) is 46.0 Å². The number of nitrogens with zero attached hydrogens (tertiary/aromatic N) is 2. The molecule has 78 valence electrons. The van der Waals surface area contributed by atoms with Crippen molar-refractivity contribution in [3.8, 4) is 0 Å². The van der Waals surface area contributed by atoms with Gasteiger partial charge in [-0.05, 0) is 25.8 Å². The van der Waals surface area contributed by atoms with Crippen molar-refractivity contribution in [3.05, 3.63) is 23.8 Å². The lowest BCUT2D eigenvalue weighted by Gasteiger charge is -2.23. The fraction of sp³-hybridized carbons (Fsp3) is 0.636. The number of rotatable bonds is 3. The average Bonchev–Trinajstić information content (AvgIpc) is 2.02. The van der Waals surface area contributed by atoms with Gasteiger partial charge in [0.1, 0.15) is 5.82 Å². The molecule has 1 rings (SSSR count). The van der Waals surface area contributed by atoms with Crippen LogP contribution in [0, 0.1) is 12.8 Å². The first-order valence-corrected chi connectivity index (χ1v) is 5.00. The highest BCUT2D eigenvalue weighted by molar-refractivity contribution is 5.10. The van der Waals surface area contributed by atoms with Crippen LogP contribution in [0.2, 0.25) is 0 Å². The van der Waals surface area contributed by atoms with E-state index in [1.807, 2.05) is 19.9 Å². The molecule has 3 heteroatoms. The summed E-state index contributed by atoms with van der Waals surface area (Å²) in [6, 6.07) is 1.88. The van der Waals surface area contributed by atoms with Gasteiger partial charge < -0.3 is 5.11 Å². The van der Waals surface area contributed by atoms with Gasteiger partial charge in [0.15, 0.2) is 0 Å². The second kappa shape index (κ2) is 4.51. The summed E-state index contributed by atoms with van der Waals surface area (Å²) < 4.78 is 0. The molecule has 0 bridgehead atoms. The van der Waals surface area contributed by atoms with Crippen LogP contribution in [0.1, 0.15) is 38.2 Å². The summed E-state index contributed by atoms with van der Waals surface area (Å²) in [6.07, 6.45) is 1.37. The summed E-state index contributed by atoms with van der Waals surface area (Å²) in [7, 11) is 0. The Hall–Kier alpha value is -0.960. The molecule has 2 unspecified atom stereocenters. The molecule has 0 fully saturated rings. The van der Waals surface area contributed by atoms with Crippen LogP contribution in [-0.4, -0.2) is 21.2 Å². The third-order valence-corrected chi connectivity index (χ3v) is 2.38. The van der Waals surface area contributed by atoms with Crippen LogP contribution < -0.4 is 0 Å². The van der Waals surface area contributed by atoms with Gasteiger partial charge in [-0.15, -0.1) is 0 Å². The Labute approximate surface area is 85.2 Å².